The minimum absolute atomic E-state index is 0.0657. The van der Waals surface area contributed by atoms with Gasteiger partial charge in [0.05, 0.1) is 10.5 Å². The van der Waals surface area contributed by atoms with Gasteiger partial charge in [-0.1, -0.05) is 22.9 Å². The summed E-state index contributed by atoms with van der Waals surface area (Å²) < 4.78 is 49.9. The molecule has 0 aliphatic carbocycles. The Kier molecular flexibility index (Phi) is 4.34. The number of halogens is 5. The third kappa shape index (κ3) is 3.07. The number of nitrogens with zero attached hydrogens (tertiary/aromatic N) is 4. The van der Waals surface area contributed by atoms with Gasteiger partial charge >= 0.3 is 0 Å². The molecule has 0 radical (unpaired) electrons. The molecule has 0 amide bonds. The zero-order valence-corrected chi connectivity index (χ0v) is 15.3. The van der Waals surface area contributed by atoms with Crippen LogP contribution in [0, 0.1) is 0 Å². The Hall–Kier alpha value is -0.880. The second kappa shape index (κ2) is 5.88. The molecule has 0 unspecified atom stereocenters. The minimum atomic E-state index is -4.04. The van der Waals surface area contributed by atoms with E-state index in [1.165, 1.54) is 16.7 Å². The fourth-order valence-electron chi connectivity index (χ4n) is 1.80. The molecule has 3 rings (SSSR count). The first kappa shape index (κ1) is 17.0. The lowest BCUT2D eigenvalue weighted by Crippen LogP contribution is -1.97. The highest BCUT2D eigenvalue weighted by Gasteiger charge is 2.22. The summed E-state index contributed by atoms with van der Waals surface area (Å²) in [6.45, 7) is 0. The second-order valence-electron chi connectivity index (χ2n) is 4.15. The molecule has 0 fully saturated rings. The van der Waals surface area contributed by atoms with Crippen molar-refractivity contribution >= 4 is 64.1 Å². The molecule has 0 saturated carbocycles. The molecule has 0 atom stereocenters. The molecule has 0 saturated heterocycles. The summed E-state index contributed by atoms with van der Waals surface area (Å²) in [6, 6.07) is 1.17. The van der Waals surface area contributed by atoms with Crippen molar-refractivity contribution in [2.75, 3.05) is 0 Å². The van der Waals surface area contributed by atoms with Gasteiger partial charge in [0.15, 0.2) is 15.8 Å². The molecular formula is C10H3BrCl2F2N4O2S2. The van der Waals surface area contributed by atoms with Crippen molar-refractivity contribution in [1.82, 2.24) is 19.6 Å². The maximum absolute atomic E-state index is 12.7. The first-order chi connectivity index (χ1) is 10.7. The van der Waals surface area contributed by atoms with E-state index in [4.69, 9.17) is 22.3 Å². The summed E-state index contributed by atoms with van der Waals surface area (Å²) in [5.74, 6) is 0.111. The lowest BCUT2D eigenvalue weighted by molar-refractivity contribution is 0.150. The van der Waals surface area contributed by atoms with Crippen molar-refractivity contribution in [1.29, 1.82) is 0 Å². The smallest absolute Gasteiger partial charge is 0.291 e. The van der Waals surface area contributed by atoms with Crippen LogP contribution in [0.5, 0.6) is 0 Å². The summed E-state index contributed by atoms with van der Waals surface area (Å²) in [7, 11) is 1.28. The van der Waals surface area contributed by atoms with Gasteiger partial charge in [0, 0.05) is 16.9 Å². The first-order valence-electron chi connectivity index (χ1n) is 5.62. The van der Waals surface area contributed by atoms with Gasteiger partial charge in [0.2, 0.25) is 0 Å². The number of pyridine rings is 1. The van der Waals surface area contributed by atoms with Crippen molar-refractivity contribution in [2.45, 2.75) is 11.3 Å². The minimum Gasteiger partial charge on any atom is -0.294 e. The normalized spacial score (nSPS) is 12.4. The van der Waals surface area contributed by atoms with Crippen LogP contribution in [-0.2, 0) is 9.05 Å². The van der Waals surface area contributed by atoms with Crippen LogP contribution in [0.4, 0.5) is 8.78 Å². The molecular weight excluding hydrogens is 461 g/mol. The van der Waals surface area contributed by atoms with E-state index in [1.54, 1.807) is 0 Å². The molecule has 3 aromatic heterocycles. The number of hydrogen-bond donors (Lipinski definition) is 0. The van der Waals surface area contributed by atoms with E-state index >= 15 is 0 Å². The monoisotopic (exact) mass is 462 g/mol. The Bertz CT molecular complexity index is 1020. The Balaban J connectivity index is 2.30. The molecule has 0 aromatic carbocycles. The first-order valence-corrected chi connectivity index (χ1v) is 9.92. The Morgan fingerprint density at radius 3 is 2.61 bits per heavy atom. The van der Waals surface area contributed by atoms with E-state index in [9.17, 15) is 17.2 Å². The molecule has 3 aromatic rings. The van der Waals surface area contributed by atoms with Gasteiger partial charge in [-0.2, -0.15) is 0 Å². The zero-order chi connectivity index (χ0) is 16.9. The standard InChI is InChI=1S/C10H3BrCl2F2N4O2S2/c11-6-5-4(12)1-3(23(13,20)21)2-19(5)8(16-6)10-18-17-9(22-10)7(14)15/h1-2,7H. The topological polar surface area (TPSA) is 77.2 Å². The van der Waals surface area contributed by atoms with Gasteiger partial charge in [-0.15, -0.1) is 10.2 Å². The summed E-state index contributed by atoms with van der Waals surface area (Å²) in [6.07, 6.45) is -1.58. The lowest BCUT2D eigenvalue weighted by atomic mass is 10.4. The maximum Gasteiger partial charge on any atom is 0.291 e. The van der Waals surface area contributed by atoms with Gasteiger partial charge in [-0.3, -0.25) is 4.40 Å². The fraction of sp³-hybridized carbons (Fsp3) is 0.100. The van der Waals surface area contributed by atoms with Crippen molar-refractivity contribution in [2.24, 2.45) is 0 Å². The largest absolute Gasteiger partial charge is 0.294 e. The molecule has 0 aliphatic heterocycles. The predicted molar refractivity (Wildman–Crippen MR) is 84.8 cm³/mol. The van der Waals surface area contributed by atoms with Crippen molar-refractivity contribution in [3.63, 3.8) is 0 Å². The molecule has 0 spiro atoms. The van der Waals surface area contributed by atoms with Crippen LogP contribution in [0.3, 0.4) is 0 Å². The van der Waals surface area contributed by atoms with Gasteiger partial charge in [-0.05, 0) is 22.0 Å². The van der Waals surface area contributed by atoms with Crippen molar-refractivity contribution in [3.05, 3.63) is 26.9 Å². The van der Waals surface area contributed by atoms with E-state index in [0.717, 1.165) is 0 Å². The van der Waals surface area contributed by atoms with E-state index < -0.39 is 20.5 Å². The summed E-state index contributed by atoms with van der Waals surface area (Å²) in [4.78, 5) is 3.87. The number of alkyl halides is 2. The third-order valence-corrected chi connectivity index (χ3v) is 5.81. The molecule has 0 aliphatic rings. The maximum atomic E-state index is 12.7. The number of rotatable bonds is 3. The Labute approximate surface area is 149 Å². The van der Waals surface area contributed by atoms with E-state index in [1.807, 2.05) is 0 Å². The number of hydrogen-bond acceptors (Lipinski definition) is 6. The number of aromatic nitrogens is 4. The molecule has 3 heterocycles. The van der Waals surface area contributed by atoms with E-state index in [2.05, 4.69) is 31.1 Å². The van der Waals surface area contributed by atoms with Crippen LogP contribution < -0.4 is 0 Å². The number of fused-ring (bicyclic) bond motifs is 1. The third-order valence-electron chi connectivity index (χ3n) is 2.72. The molecule has 6 nitrogen and oxygen atoms in total. The highest BCUT2D eigenvalue weighted by Crippen LogP contribution is 2.35. The average Bonchev–Trinajstić information content (AvgIpc) is 3.02. The van der Waals surface area contributed by atoms with Gasteiger partial charge in [-0.25, -0.2) is 22.2 Å². The second-order valence-corrected chi connectivity index (χ2v) is 8.89. The number of imidazole rings is 1. The quantitative estimate of drug-likeness (QED) is 0.545. The highest BCUT2D eigenvalue weighted by atomic mass is 79.9. The Morgan fingerprint density at radius 1 is 1.35 bits per heavy atom. The van der Waals surface area contributed by atoms with E-state index in [0.29, 0.717) is 21.5 Å². The van der Waals surface area contributed by atoms with Gasteiger partial charge in [0.25, 0.3) is 15.5 Å². The lowest BCUT2D eigenvalue weighted by Gasteiger charge is -2.03. The average molecular weight is 464 g/mol. The fourth-order valence-corrected chi connectivity index (χ4v) is 4.28. The van der Waals surface area contributed by atoms with Crippen LogP contribution >= 0.6 is 49.6 Å². The van der Waals surface area contributed by atoms with Crippen LogP contribution in [-0.4, -0.2) is 28.0 Å². The van der Waals surface area contributed by atoms with Crippen LogP contribution in [0.1, 0.15) is 11.4 Å². The molecule has 0 N–H and O–H groups in total. The van der Waals surface area contributed by atoms with E-state index in [-0.39, 0.29) is 20.8 Å². The molecule has 0 bridgehead atoms. The summed E-state index contributed by atoms with van der Waals surface area (Å²) in [5, 5.41) is 6.70. The Morgan fingerprint density at radius 2 is 2.04 bits per heavy atom. The zero-order valence-electron chi connectivity index (χ0n) is 10.5. The van der Waals surface area contributed by atoms with Gasteiger partial charge < -0.3 is 0 Å². The van der Waals surface area contributed by atoms with Crippen LogP contribution in [0.25, 0.3) is 16.3 Å². The molecule has 13 heteroatoms. The van der Waals surface area contributed by atoms with Crippen molar-refractivity contribution < 1.29 is 17.2 Å². The predicted octanol–water partition coefficient (Wildman–Crippen LogP) is 4.13. The van der Waals surface area contributed by atoms with Crippen LogP contribution in [0.15, 0.2) is 21.8 Å². The molecule has 122 valence electrons. The SMILES string of the molecule is O=S(=O)(Cl)c1cc(Cl)c2c(Br)nc(-c3nnc(C(F)F)s3)n2c1. The van der Waals surface area contributed by atoms with Crippen LogP contribution in [0.2, 0.25) is 5.02 Å². The molecule has 23 heavy (non-hydrogen) atoms. The van der Waals surface area contributed by atoms with Gasteiger partial charge in [0.1, 0.15) is 9.50 Å². The summed E-state index contributed by atoms with van der Waals surface area (Å²) >= 11 is 9.89. The summed E-state index contributed by atoms with van der Waals surface area (Å²) in [5.41, 5.74) is 0.347. The van der Waals surface area contributed by atoms with Crippen molar-refractivity contribution in [3.8, 4) is 10.8 Å². The highest BCUT2D eigenvalue weighted by molar-refractivity contribution is 9.10.